The number of methoxy groups -OCH3 is 1. The van der Waals surface area contributed by atoms with Crippen LogP contribution in [-0.4, -0.2) is 30.1 Å². The van der Waals surface area contributed by atoms with Crippen LogP contribution in [0.4, 0.5) is 0 Å². The minimum absolute atomic E-state index is 0.0270. The number of fused-ring (bicyclic) bond motifs is 7. The molecule has 0 aromatic carbocycles. The largest absolute Gasteiger partial charge is 0.469 e. The maximum absolute atomic E-state index is 14.1. The van der Waals surface area contributed by atoms with E-state index in [9.17, 15) is 14.7 Å². The lowest BCUT2D eigenvalue weighted by Crippen LogP contribution is -2.64. The molecule has 1 N–H and O–H groups in total. The Balaban J connectivity index is 1.56. The van der Waals surface area contributed by atoms with Gasteiger partial charge in [-0.3, -0.25) is 9.59 Å². The Morgan fingerprint density at radius 3 is 2.26 bits per heavy atom. The van der Waals surface area contributed by atoms with Crippen molar-refractivity contribution in [1.82, 2.24) is 0 Å². The van der Waals surface area contributed by atoms with Crippen LogP contribution in [-0.2, 0) is 14.3 Å². The average molecular weight is 471 g/mol. The highest BCUT2D eigenvalue weighted by Gasteiger charge is 2.67. The number of hydrogen-bond acceptors (Lipinski definition) is 4. The van der Waals surface area contributed by atoms with Gasteiger partial charge in [0, 0.05) is 5.92 Å². The molecule has 5 aliphatic carbocycles. The van der Waals surface area contributed by atoms with Gasteiger partial charge in [0.1, 0.15) is 0 Å². The summed E-state index contributed by atoms with van der Waals surface area (Å²) >= 11 is 0. The number of hydrogen-bond donors (Lipinski definition) is 1. The molecule has 0 aromatic heterocycles. The summed E-state index contributed by atoms with van der Waals surface area (Å²) in [5.41, 5.74) is 0.792. The van der Waals surface area contributed by atoms with E-state index in [0.29, 0.717) is 17.6 Å². The van der Waals surface area contributed by atoms with E-state index in [0.717, 1.165) is 51.4 Å². The van der Waals surface area contributed by atoms with E-state index in [1.807, 2.05) is 0 Å². The van der Waals surface area contributed by atoms with Crippen molar-refractivity contribution in [1.29, 1.82) is 0 Å². The SMILES string of the molecule is COC(=O)[C@@]1(C)CC[C@]2(C)CC[C@@H]3C(=CC(=O)[C@H]4[C@@]3(C)CC[C@H]3C(C)(C)[C@@H](O)CC[C@]43C)C2C1. The Kier molecular flexibility index (Phi) is 5.36. The molecule has 0 spiro atoms. The fourth-order valence-electron chi connectivity index (χ4n) is 10.3. The fourth-order valence-corrected chi connectivity index (χ4v) is 10.3. The molecule has 0 heterocycles. The Morgan fingerprint density at radius 2 is 1.59 bits per heavy atom. The molecule has 0 radical (unpaired) electrons. The van der Waals surface area contributed by atoms with Gasteiger partial charge in [0.15, 0.2) is 5.78 Å². The maximum atomic E-state index is 14.1. The van der Waals surface area contributed by atoms with Gasteiger partial charge in [0.2, 0.25) is 0 Å². The first-order valence-corrected chi connectivity index (χ1v) is 13.7. The summed E-state index contributed by atoms with van der Waals surface area (Å²) in [5.74, 6) is 1.32. The zero-order valence-electron chi connectivity index (χ0n) is 22.5. The summed E-state index contributed by atoms with van der Waals surface area (Å²) in [5, 5.41) is 10.8. The predicted molar refractivity (Wildman–Crippen MR) is 133 cm³/mol. The van der Waals surface area contributed by atoms with Crippen molar-refractivity contribution in [2.45, 2.75) is 105 Å². The van der Waals surface area contributed by atoms with Crippen LogP contribution >= 0.6 is 0 Å². The molecular weight excluding hydrogens is 424 g/mol. The normalized spacial score (nSPS) is 51.8. The third-order valence-corrected chi connectivity index (χ3v) is 12.4. The molecule has 190 valence electrons. The number of aliphatic hydroxyl groups excluding tert-OH is 1. The standard InChI is InChI=1S/C30H46O4/c1-26(2)22-9-12-29(5)19-8-11-27(3)14-15-28(4,25(33)34-7)17-20(27)18(19)16-21(31)24(29)30(22,6)13-10-23(26)32/h16,19-20,22-24,32H,8-15,17H2,1-7H3/t19-,20?,22+,23+,24+,27+,28+,29+,30+/m1/s1. The molecule has 5 aliphatic rings. The van der Waals surface area contributed by atoms with Crippen LogP contribution in [0.25, 0.3) is 0 Å². The predicted octanol–water partition coefficient (Wildman–Crippen LogP) is 6.11. The van der Waals surface area contributed by atoms with E-state index in [2.05, 4.69) is 47.6 Å². The van der Waals surface area contributed by atoms with Crippen molar-refractivity contribution in [3.63, 3.8) is 0 Å². The Bertz CT molecular complexity index is 934. The monoisotopic (exact) mass is 470 g/mol. The smallest absolute Gasteiger partial charge is 0.311 e. The summed E-state index contributed by atoms with van der Waals surface area (Å²) < 4.78 is 5.22. The number of carbonyl (C=O) groups excluding carboxylic acids is 2. The summed E-state index contributed by atoms with van der Waals surface area (Å²) in [6, 6.07) is 0. The van der Waals surface area contributed by atoms with Gasteiger partial charge in [-0.1, -0.05) is 40.2 Å². The molecule has 0 amide bonds. The third kappa shape index (κ3) is 3.05. The quantitative estimate of drug-likeness (QED) is 0.470. The molecule has 1 unspecified atom stereocenters. The average Bonchev–Trinajstić information content (AvgIpc) is 2.76. The van der Waals surface area contributed by atoms with Crippen molar-refractivity contribution in [2.75, 3.05) is 7.11 Å². The third-order valence-electron chi connectivity index (χ3n) is 12.4. The van der Waals surface area contributed by atoms with Gasteiger partial charge in [0.25, 0.3) is 0 Å². The van der Waals surface area contributed by atoms with Crippen molar-refractivity contribution in [3.8, 4) is 0 Å². The number of esters is 1. The number of aliphatic hydroxyl groups is 1. The van der Waals surface area contributed by atoms with Crippen molar-refractivity contribution < 1.29 is 19.4 Å². The lowest BCUT2D eigenvalue weighted by atomic mass is 9.37. The van der Waals surface area contributed by atoms with Gasteiger partial charge in [-0.15, -0.1) is 0 Å². The summed E-state index contributed by atoms with van der Waals surface area (Å²) in [6.45, 7) is 13.7. The lowest BCUT2D eigenvalue weighted by Gasteiger charge is -2.67. The second-order valence-electron chi connectivity index (χ2n) is 14.5. The van der Waals surface area contributed by atoms with Crippen molar-refractivity contribution in [2.24, 2.45) is 50.7 Å². The Morgan fingerprint density at radius 1 is 0.912 bits per heavy atom. The highest BCUT2D eigenvalue weighted by molar-refractivity contribution is 5.95. The minimum atomic E-state index is -0.463. The molecule has 4 heteroatoms. The lowest BCUT2D eigenvalue weighted by molar-refractivity contribution is -0.189. The maximum Gasteiger partial charge on any atom is 0.311 e. The molecule has 5 rings (SSSR count). The number of allylic oxidation sites excluding steroid dienone is 2. The first-order valence-electron chi connectivity index (χ1n) is 13.7. The van der Waals surface area contributed by atoms with Crippen molar-refractivity contribution in [3.05, 3.63) is 11.6 Å². The van der Waals surface area contributed by atoms with E-state index in [4.69, 9.17) is 4.74 Å². The zero-order valence-corrected chi connectivity index (χ0v) is 22.5. The topological polar surface area (TPSA) is 63.6 Å². The number of ether oxygens (including phenoxy) is 1. The van der Waals surface area contributed by atoms with Crippen molar-refractivity contribution >= 4 is 11.8 Å². The van der Waals surface area contributed by atoms with Crippen LogP contribution in [0.2, 0.25) is 0 Å². The first kappa shape index (κ1) is 24.5. The molecule has 4 fully saturated rings. The van der Waals surface area contributed by atoms with E-state index in [-0.39, 0.29) is 45.6 Å². The molecule has 0 saturated heterocycles. The van der Waals surface area contributed by atoms with Gasteiger partial charge in [-0.25, -0.2) is 0 Å². The van der Waals surface area contributed by atoms with E-state index in [1.54, 1.807) is 0 Å². The second-order valence-corrected chi connectivity index (χ2v) is 14.5. The Hall–Kier alpha value is -1.16. The highest BCUT2D eigenvalue weighted by Crippen LogP contribution is 2.71. The highest BCUT2D eigenvalue weighted by atomic mass is 16.5. The molecule has 4 nitrogen and oxygen atoms in total. The second kappa shape index (κ2) is 7.43. The molecule has 4 saturated carbocycles. The number of ketones is 1. The van der Waals surface area contributed by atoms with Gasteiger partial charge in [0.05, 0.1) is 18.6 Å². The van der Waals surface area contributed by atoms with Crippen LogP contribution in [0.1, 0.15) is 99.3 Å². The van der Waals surface area contributed by atoms with Crippen LogP contribution in [0.5, 0.6) is 0 Å². The first-order chi connectivity index (χ1) is 15.7. The van der Waals surface area contributed by atoms with E-state index >= 15 is 0 Å². The van der Waals surface area contributed by atoms with Crippen LogP contribution < -0.4 is 0 Å². The van der Waals surface area contributed by atoms with Gasteiger partial charge in [-0.05, 0) is 110 Å². The van der Waals surface area contributed by atoms with E-state index in [1.165, 1.54) is 19.1 Å². The van der Waals surface area contributed by atoms with Crippen LogP contribution in [0.3, 0.4) is 0 Å². The van der Waals surface area contributed by atoms with Crippen LogP contribution in [0, 0.1) is 50.7 Å². The fraction of sp³-hybridized carbons (Fsp3) is 0.867. The molecule has 0 aliphatic heterocycles. The molecular formula is C30H46O4. The van der Waals surface area contributed by atoms with E-state index < -0.39 is 5.41 Å². The zero-order chi connectivity index (χ0) is 24.9. The van der Waals surface area contributed by atoms with Gasteiger partial charge >= 0.3 is 5.97 Å². The molecule has 0 bridgehead atoms. The summed E-state index contributed by atoms with van der Waals surface area (Å²) in [6.07, 6.45) is 10.7. The van der Waals surface area contributed by atoms with Gasteiger partial charge < -0.3 is 9.84 Å². The number of rotatable bonds is 1. The Labute approximate surface area is 206 Å². The summed E-state index contributed by atoms with van der Waals surface area (Å²) in [7, 11) is 1.50. The summed E-state index contributed by atoms with van der Waals surface area (Å²) in [4.78, 5) is 26.9. The molecule has 0 aromatic rings. The number of carbonyl (C=O) groups is 2. The molecule has 34 heavy (non-hydrogen) atoms. The van der Waals surface area contributed by atoms with Crippen LogP contribution in [0.15, 0.2) is 11.6 Å². The minimum Gasteiger partial charge on any atom is -0.469 e. The molecule has 9 atom stereocenters. The van der Waals surface area contributed by atoms with Gasteiger partial charge in [-0.2, -0.15) is 0 Å².